The van der Waals surface area contributed by atoms with E-state index in [0.29, 0.717) is 5.71 Å². The highest BCUT2D eigenvalue weighted by Gasteiger charge is 2.11. The molecule has 0 saturated heterocycles. The minimum absolute atomic E-state index is 0.126. The van der Waals surface area contributed by atoms with Crippen LogP contribution in [0.3, 0.4) is 0 Å². The number of nitrogens with one attached hydrogen (secondary N) is 1. The molecule has 1 rings (SSSR count). The van der Waals surface area contributed by atoms with Crippen LogP contribution in [-0.2, 0) is 4.79 Å². The van der Waals surface area contributed by atoms with Crippen LogP contribution >= 0.6 is 0 Å². The first-order valence-corrected chi connectivity index (χ1v) is 2.28. The van der Waals surface area contributed by atoms with Gasteiger partial charge in [0.2, 0.25) is 5.91 Å². The number of amides is 1. The van der Waals surface area contributed by atoms with Crippen molar-refractivity contribution in [1.29, 1.82) is 0 Å². The van der Waals surface area contributed by atoms with Crippen molar-refractivity contribution in [3.63, 3.8) is 0 Å². The summed E-state index contributed by atoms with van der Waals surface area (Å²) in [6.45, 7) is -0.126. The van der Waals surface area contributed by atoms with Gasteiger partial charge in [-0.15, -0.1) is 0 Å². The van der Waals surface area contributed by atoms with Gasteiger partial charge in [0.15, 0.2) is 0 Å². The predicted molar refractivity (Wildman–Crippen MR) is 27.3 cm³/mol. The maximum atomic E-state index is 10.3. The van der Waals surface area contributed by atoms with Crippen molar-refractivity contribution >= 4 is 11.6 Å². The van der Waals surface area contributed by atoms with Crippen LogP contribution in [0.2, 0.25) is 0 Å². The van der Waals surface area contributed by atoms with Crippen molar-refractivity contribution in [1.82, 2.24) is 5.43 Å². The Morgan fingerprint density at radius 2 is 2.62 bits per heavy atom. The maximum Gasteiger partial charge on any atom is 0.245 e. The summed E-state index contributed by atoms with van der Waals surface area (Å²) < 4.78 is 0. The third-order valence-electron chi connectivity index (χ3n) is 0.886. The minimum Gasteiger partial charge on any atom is -0.390 e. The van der Waals surface area contributed by atoms with Crippen LogP contribution in [-0.4, -0.2) is 23.3 Å². The van der Waals surface area contributed by atoms with Gasteiger partial charge in [-0.25, -0.2) is 5.43 Å². The number of hydrogen-bond donors (Lipinski definition) is 2. The molecule has 1 aliphatic heterocycles. The zero-order valence-electron chi connectivity index (χ0n) is 4.22. The Morgan fingerprint density at radius 3 is 2.88 bits per heavy atom. The molecule has 4 heteroatoms. The summed E-state index contributed by atoms with van der Waals surface area (Å²) >= 11 is 0. The molecule has 4 nitrogen and oxygen atoms in total. The first-order chi connectivity index (χ1) is 3.83. The van der Waals surface area contributed by atoms with Gasteiger partial charge in [-0.1, -0.05) is 0 Å². The van der Waals surface area contributed by atoms with Crippen molar-refractivity contribution < 1.29 is 9.90 Å². The summed E-state index contributed by atoms with van der Waals surface area (Å²) in [6.07, 6.45) is 0.247. The summed E-state index contributed by atoms with van der Waals surface area (Å²) in [6, 6.07) is 0. The molecule has 0 fully saturated rings. The molecule has 0 saturated carbocycles. The molecule has 0 spiro atoms. The molecule has 1 amide bonds. The number of aliphatic hydroxyl groups is 1. The fourth-order valence-corrected chi connectivity index (χ4v) is 0.497. The van der Waals surface area contributed by atoms with Crippen LogP contribution in [0.25, 0.3) is 0 Å². The molecule has 2 N–H and O–H groups in total. The van der Waals surface area contributed by atoms with Gasteiger partial charge in [-0.05, 0) is 0 Å². The predicted octanol–water partition coefficient (Wildman–Crippen LogP) is -1.15. The van der Waals surface area contributed by atoms with Gasteiger partial charge in [0, 0.05) is 0 Å². The van der Waals surface area contributed by atoms with Crippen LogP contribution in [0, 0.1) is 0 Å². The fourth-order valence-electron chi connectivity index (χ4n) is 0.497. The van der Waals surface area contributed by atoms with Gasteiger partial charge in [0.25, 0.3) is 0 Å². The van der Waals surface area contributed by atoms with E-state index in [1.807, 2.05) is 0 Å². The SMILES string of the molecule is O=C1CC(CO)=NN1. The van der Waals surface area contributed by atoms with E-state index in [-0.39, 0.29) is 18.9 Å². The Labute approximate surface area is 46.2 Å². The maximum absolute atomic E-state index is 10.3. The zero-order chi connectivity index (χ0) is 5.98. The first kappa shape index (κ1) is 5.24. The Kier molecular flexibility index (Phi) is 1.26. The number of aliphatic hydroxyl groups excluding tert-OH is 1. The number of hydrazone groups is 1. The van der Waals surface area contributed by atoms with Crippen molar-refractivity contribution in [2.24, 2.45) is 5.10 Å². The minimum atomic E-state index is -0.144. The first-order valence-electron chi connectivity index (χ1n) is 2.28. The molecule has 0 aromatic carbocycles. The Hall–Kier alpha value is -0.900. The molecule has 0 bridgehead atoms. The molecule has 0 unspecified atom stereocenters. The van der Waals surface area contributed by atoms with E-state index in [4.69, 9.17) is 5.11 Å². The second-order valence-electron chi connectivity index (χ2n) is 1.55. The molecular formula is C4H6N2O2. The number of carbonyl (C=O) groups excluding carboxylic acids is 1. The number of nitrogens with zero attached hydrogens (tertiary/aromatic N) is 1. The standard InChI is InChI=1S/C4H6N2O2/c7-2-3-1-4(8)6-5-3/h7H,1-2H2,(H,6,8). The van der Waals surface area contributed by atoms with E-state index in [1.165, 1.54) is 0 Å². The Morgan fingerprint density at radius 1 is 1.88 bits per heavy atom. The van der Waals surface area contributed by atoms with Gasteiger partial charge < -0.3 is 5.11 Å². The average Bonchev–Trinajstić information content (AvgIpc) is 2.14. The van der Waals surface area contributed by atoms with E-state index in [9.17, 15) is 4.79 Å². The Balaban J connectivity index is 2.49. The lowest BCUT2D eigenvalue weighted by Crippen LogP contribution is -2.09. The summed E-state index contributed by atoms with van der Waals surface area (Å²) in [5.74, 6) is -0.144. The van der Waals surface area contributed by atoms with E-state index < -0.39 is 0 Å². The quantitative estimate of drug-likeness (QED) is 0.452. The van der Waals surface area contributed by atoms with Gasteiger partial charge in [0.1, 0.15) is 0 Å². The van der Waals surface area contributed by atoms with Crippen molar-refractivity contribution in [2.75, 3.05) is 6.61 Å². The smallest absolute Gasteiger partial charge is 0.245 e. The van der Waals surface area contributed by atoms with E-state index in [2.05, 4.69) is 10.5 Å². The van der Waals surface area contributed by atoms with Crippen LogP contribution in [0.4, 0.5) is 0 Å². The van der Waals surface area contributed by atoms with Crippen LogP contribution in [0.5, 0.6) is 0 Å². The fraction of sp³-hybridized carbons (Fsp3) is 0.500. The molecule has 0 radical (unpaired) electrons. The second kappa shape index (κ2) is 1.92. The van der Waals surface area contributed by atoms with Gasteiger partial charge in [-0.2, -0.15) is 5.10 Å². The molecule has 0 atom stereocenters. The topological polar surface area (TPSA) is 61.7 Å². The van der Waals surface area contributed by atoms with Gasteiger partial charge in [0.05, 0.1) is 18.7 Å². The molecule has 0 aromatic heterocycles. The number of carbonyl (C=O) groups is 1. The molecule has 0 aromatic rings. The molecule has 1 aliphatic rings. The molecule has 1 heterocycles. The zero-order valence-corrected chi connectivity index (χ0v) is 4.22. The van der Waals surface area contributed by atoms with E-state index in [1.54, 1.807) is 0 Å². The normalized spacial score (nSPS) is 18.1. The lowest BCUT2D eigenvalue weighted by Gasteiger charge is -1.82. The molecular weight excluding hydrogens is 108 g/mol. The van der Waals surface area contributed by atoms with Crippen LogP contribution in [0.15, 0.2) is 5.10 Å². The third-order valence-corrected chi connectivity index (χ3v) is 0.886. The van der Waals surface area contributed by atoms with E-state index >= 15 is 0 Å². The van der Waals surface area contributed by atoms with Gasteiger partial charge in [-0.3, -0.25) is 4.79 Å². The lowest BCUT2D eigenvalue weighted by atomic mass is 10.3. The van der Waals surface area contributed by atoms with E-state index in [0.717, 1.165) is 0 Å². The second-order valence-corrected chi connectivity index (χ2v) is 1.55. The largest absolute Gasteiger partial charge is 0.390 e. The highest BCUT2D eigenvalue weighted by atomic mass is 16.3. The molecule has 0 aliphatic carbocycles. The highest BCUT2D eigenvalue weighted by Crippen LogP contribution is 1.92. The lowest BCUT2D eigenvalue weighted by molar-refractivity contribution is -0.119. The summed E-state index contributed by atoms with van der Waals surface area (Å²) in [5, 5.41) is 11.9. The van der Waals surface area contributed by atoms with Crippen LogP contribution < -0.4 is 5.43 Å². The molecule has 8 heavy (non-hydrogen) atoms. The summed E-state index contributed by atoms with van der Waals surface area (Å²) in [4.78, 5) is 10.3. The van der Waals surface area contributed by atoms with Crippen molar-refractivity contribution in [2.45, 2.75) is 6.42 Å². The van der Waals surface area contributed by atoms with Gasteiger partial charge >= 0.3 is 0 Å². The number of rotatable bonds is 1. The summed E-state index contributed by atoms with van der Waals surface area (Å²) in [5.41, 5.74) is 2.72. The Bertz CT molecular complexity index is 141. The van der Waals surface area contributed by atoms with Crippen molar-refractivity contribution in [3.8, 4) is 0 Å². The number of hydrogen-bond acceptors (Lipinski definition) is 3. The average molecular weight is 114 g/mol. The monoisotopic (exact) mass is 114 g/mol. The van der Waals surface area contributed by atoms with Crippen LogP contribution in [0.1, 0.15) is 6.42 Å². The van der Waals surface area contributed by atoms with Crippen molar-refractivity contribution in [3.05, 3.63) is 0 Å². The molecule has 44 valence electrons. The highest BCUT2D eigenvalue weighted by molar-refractivity contribution is 6.05. The third kappa shape index (κ3) is 0.840. The summed E-state index contributed by atoms with van der Waals surface area (Å²) in [7, 11) is 0.